The van der Waals surface area contributed by atoms with E-state index in [1.54, 1.807) is 6.92 Å². The summed E-state index contributed by atoms with van der Waals surface area (Å²) in [6.45, 7) is 3.55. The van der Waals surface area contributed by atoms with Crippen LogP contribution in [-0.2, 0) is 14.8 Å². The smallest absolute Gasteiger partial charge is 0.242 e. The van der Waals surface area contributed by atoms with Crippen LogP contribution in [0.2, 0.25) is 20.1 Å². The fourth-order valence-electron chi connectivity index (χ4n) is 2.13. The topological polar surface area (TPSA) is 84.5 Å². The number of hydrogen-bond donors (Lipinski definition) is 2. The number of hydrogen-bond acceptors (Lipinski definition) is 4. The molecule has 0 aliphatic carbocycles. The maximum atomic E-state index is 12.5. The Morgan fingerprint density at radius 2 is 1.68 bits per heavy atom. The first-order valence-electron chi connectivity index (χ1n) is 7.95. The Morgan fingerprint density at radius 1 is 1.04 bits per heavy atom. The number of halogens is 4. The molecule has 0 unspecified atom stereocenters. The Hall–Kier alpha value is -1.22. The summed E-state index contributed by atoms with van der Waals surface area (Å²) in [6.07, 6.45) is 0. The molecule has 0 bridgehead atoms. The third-order valence-corrected chi connectivity index (χ3v) is 6.38. The average molecular weight is 486 g/mol. The number of carbonyl (C=O) groups is 1. The molecule has 0 fully saturated rings. The van der Waals surface area contributed by atoms with E-state index in [0.29, 0.717) is 12.4 Å². The van der Waals surface area contributed by atoms with Gasteiger partial charge in [-0.2, -0.15) is 4.72 Å². The zero-order valence-electron chi connectivity index (χ0n) is 14.7. The van der Waals surface area contributed by atoms with Crippen LogP contribution in [0.3, 0.4) is 0 Å². The molecule has 0 radical (unpaired) electrons. The molecule has 0 aliphatic rings. The van der Waals surface area contributed by atoms with Gasteiger partial charge in [-0.3, -0.25) is 4.79 Å². The first-order chi connectivity index (χ1) is 13.0. The van der Waals surface area contributed by atoms with Crippen molar-refractivity contribution in [2.45, 2.75) is 24.8 Å². The molecular weight excluding hydrogens is 470 g/mol. The van der Waals surface area contributed by atoms with Gasteiger partial charge in [-0.1, -0.05) is 46.4 Å². The van der Waals surface area contributed by atoms with E-state index < -0.39 is 22.0 Å². The van der Waals surface area contributed by atoms with Gasteiger partial charge >= 0.3 is 0 Å². The Morgan fingerprint density at radius 3 is 2.29 bits per heavy atom. The lowest BCUT2D eigenvalue weighted by Gasteiger charge is -2.16. The fourth-order valence-corrected chi connectivity index (χ4v) is 4.26. The van der Waals surface area contributed by atoms with Gasteiger partial charge in [-0.25, -0.2) is 8.42 Å². The van der Waals surface area contributed by atoms with Crippen molar-refractivity contribution in [1.82, 2.24) is 4.72 Å². The van der Waals surface area contributed by atoms with Crippen LogP contribution in [0.1, 0.15) is 13.8 Å². The van der Waals surface area contributed by atoms with Crippen LogP contribution in [0.15, 0.2) is 35.2 Å². The summed E-state index contributed by atoms with van der Waals surface area (Å²) in [7, 11) is -4.01. The SMILES string of the molecule is CCOc1ccc(S(=O)(=O)N[C@@H](C)C(=O)Nc2cc(Cl)c(Cl)cc2Cl)cc1Cl. The summed E-state index contributed by atoms with van der Waals surface area (Å²) >= 11 is 23.8. The highest BCUT2D eigenvalue weighted by molar-refractivity contribution is 7.89. The Labute approximate surface area is 183 Å². The van der Waals surface area contributed by atoms with Crippen molar-refractivity contribution in [2.24, 2.45) is 0 Å². The second kappa shape index (κ2) is 9.52. The molecule has 2 rings (SSSR count). The van der Waals surface area contributed by atoms with Crippen LogP contribution in [0.25, 0.3) is 0 Å². The van der Waals surface area contributed by atoms with E-state index in [9.17, 15) is 13.2 Å². The molecule has 1 atom stereocenters. The zero-order valence-corrected chi connectivity index (χ0v) is 18.6. The zero-order chi connectivity index (χ0) is 21.1. The van der Waals surface area contributed by atoms with E-state index in [-0.39, 0.29) is 30.7 Å². The van der Waals surface area contributed by atoms with Crippen molar-refractivity contribution >= 4 is 68.0 Å². The van der Waals surface area contributed by atoms with Crippen LogP contribution >= 0.6 is 46.4 Å². The molecule has 1 amide bonds. The highest BCUT2D eigenvalue weighted by Gasteiger charge is 2.23. The van der Waals surface area contributed by atoms with Gasteiger partial charge in [0.15, 0.2) is 0 Å². The summed E-state index contributed by atoms with van der Waals surface area (Å²) in [6, 6.07) is 5.66. The fraction of sp³-hybridized carbons (Fsp3) is 0.235. The molecule has 2 aromatic carbocycles. The lowest BCUT2D eigenvalue weighted by molar-refractivity contribution is -0.117. The molecule has 28 heavy (non-hydrogen) atoms. The second-order valence-corrected chi connectivity index (χ2v) is 8.95. The van der Waals surface area contributed by atoms with Crippen molar-refractivity contribution in [3.8, 4) is 5.75 Å². The number of amides is 1. The van der Waals surface area contributed by atoms with E-state index in [4.69, 9.17) is 51.1 Å². The van der Waals surface area contributed by atoms with Crippen molar-refractivity contribution in [1.29, 1.82) is 0 Å². The normalized spacial score (nSPS) is 12.5. The Kier molecular flexibility index (Phi) is 7.84. The standard InChI is InChI=1S/C17H16Cl4N2O4S/c1-3-27-16-5-4-10(6-14(16)21)28(25,26)23-9(2)17(24)22-15-8-12(19)11(18)7-13(15)20/h4-9,23H,3H2,1-2H3,(H,22,24)/t9-/m0/s1. The number of benzene rings is 2. The molecule has 11 heteroatoms. The minimum Gasteiger partial charge on any atom is -0.492 e. The van der Waals surface area contributed by atoms with Crippen molar-refractivity contribution in [2.75, 3.05) is 11.9 Å². The van der Waals surface area contributed by atoms with Crippen molar-refractivity contribution < 1.29 is 17.9 Å². The molecule has 0 spiro atoms. The van der Waals surface area contributed by atoms with Crippen LogP contribution in [0.4, 0.5) is 5.69 Å². The summed E-state index contributed by atoms with van der Waals surface area (Å²) in [5.74, 6) is -0.274. The molecule has 0 saturated carbocycles. The maximum Gasteiger partial charge on any atom is 0.242 e. The third kappa shape index (κ3) is 5.65. The van der Waals surface area contributed by atoms with Crippen LogP contribution in [-0.4, -0.2) is 27.0 Å². The molecule has 152 valence electrons. The van der Waals surface area contributed by atoms with Crippen LogP contribution in [0, 0.1) is 0 Å². The molecule has 6 nitrogen and oxygen atoms in total. The number of anilines is 1. The molecule has 0 aliphatic heterocycles. The minimum absolute atomic E-state index is 0.104. The predicted molar refractivity (Wildman–Crippen MR) is 113 cm³/mol. The molecule has 0 aromatic heterocycles. The first-order valence-corrected chi connectivity index (χ1v) is 10.9. The Bertz CT molecular complexity index is 999. The largest absolute Gasteiger partial charge is 0.492 e. The van der Waals surface area contributed by atoms with Crippen molar-refractivity contribution in [3.05, 3.63) is 50.4 Å². The first kappa shape index (κ1) is 23.1. The number of nitrogens with one attached hydrogen (secondary N) is 2. The summed E-state index contributed by atoms with van der Waals surface area (Å²) in [5, 5.41) is 3.23. The second-order valence-electron chi connectivity index (χ2n) is 5.60. The maximum absolute atomic E-state index is 12.5. The third-order valence-electron chi connectivity index (χ3n) is 3.51. The van der Waals surface area contributed by atoms with Gasteiger partial charge in [-0.05, 0) is 44.2 Å². The number of rotatable bonds is 7. The van der Waals surface area contributed by atoms with E-state index in [1.807, 2.05) is 0 Å². The van der Waals surface area contributed by atoms with Gasteiger partial charge in [0.25, 0.3) is 0 Å². The number of carbonyl (C=O) groups excluding carboxylic acids is 1. The van der Waals surface area contributed by atoms with Crippen LogP contribution < -0.4 is 14.8 Å². The van der Waals surface area contributed by atoms with Gasteiger partial charge in [0.05, 0.1) is 43.3 Å². The lowest BCUT2D eigenvalue weighted by atomic mass is 10.3. The van der Waals surface area contributed by atoms with Gasteiger partial charge < -0.3 is 10.1 Å². The van der Waals surface area contributed by atoms with Crippen molar-refractivity contribution in [3.63, 3.8) is 0 Å². The quantitative estimate of drug-likeness (QED) is 0.540. The average Bonchev–Trinajstić information content (AvgIpc) is 2.61. The molecular formula is C17H16Cl4N2O4S. The monoisotopic (exact) mass is 484 g/mol. The van der Waals surface area contributed by atoms with E-state index in [2.05, 4.69) is 10.0 Å². The lowest BCUT2D eigenvalue weighted by Crippen LogP contribution is -2.41. The predicted octanol–water partition coefficient (Wildman–Crippen LogP) is 5.00. The number of ether oxygens (including phenoxy) is 1. The molecule has 2 N–H and O–H groups in total. The summed E-state index contributed by atoms with van der Waals surface area (Å²) in [5.41, 5.74) is 0.205. The minimum atomic E-state index is -4.01. The summed E-state index contributed by atoms with van der Waals surface area (Å²) < 4.78 is 32.6. The van der Waals surface area contributed by atoms with Gasteiger partial charge in [0.2, 0.25) is 15.9 Å². The molecule has 2 aromatic rings. The molecule has 0 saturated heterocycles. The summed E-state index contributed by atoms with van der Waals surface area (Å²) in [4.78, 5) is 12.3. The highest BCUT2D eigenvalue weighted by Crippen LogP contribution is 2.32. The molecule has 0 heterocycles. The number of sulfonamides is 1. The van der Waals surface area contributed by atoms with Gasteiger partial charge in [0.1, 0.15) is 5.75 Å². The highest BCUT2D eigenvalue weighted by atomic mass is 35.5. The van der Waals surface area contributed by atoms with E-state index >= 15 is 0 Å². The Balaban J connectivity index is 2.14. The van der Waals surface area contributed by atoms with E-state index in [0.717, 1.165) is 0 Å². The van der Waals surface area contributed by atoms with Gasteiger partial charge in [-0.15, -0.1) is 0 Å². The van der Waals surface area contributed by atoms with Crippen LogP contribution in [0.5, 0.6) is 5.75 Å². The van der Waals surface area contributed by atoms with E-state index in [1.165, 1.54) is 37.3 Å². The van der Waals surface area contributed by atoms with Gasteiger partial charge in [0, 0.05) is 0 Å².